The number of carbonyl (C=O) groups is 1. The van der Waals surface area contributed by atoms with E-state index in [9.17, 15) is 9.90 Å². The van der Waals surface area contributed by atoms with Crippen LogP contribution in [0, 0.1) is 5.92 Å². The number of benzene rings is 1. The van der Waals surface area contributed by atoms with E-state index in [1.807, 2.05) is 17.0 Å². The number of phenols is 1. The minimum absolute atomic E-state index is 0.0789. The highest BCUT2D eigenvalue weighted by molar-refractivity contribution is 5.79. The summed E-state index contributed by atoms with van der Waals surface area (Å²) in [5.41, 5.74) is 0.694. The van der Waals surface area contributed by atoms with Gasteiger partial charge in [-0.1, -0.05) is 18.2 Å². The Labute approximate surface area is 137 Å². The van der Waals surface area contributed by atoms with Crippen LogP contribution in [0.5, 0.6) is 5.75 Å². The normalized spacial score (nSPS) is 22.0. The van der Waals surface area contributed by atoms with E-state index in [0.717, 1.165) is 26.2 Å². The number of aromatic hydroxyl groups is 1. The van der Waals surface area contributed by atoms with Crippen molar-refractivity contribution in [1.29, 1.82) is 0 Å². The Hall–Kier alpha value is -1.59. The number of rotatable bonds is 6. The quantitative estimate of drug-likeness (QED) is 0.864. The molecular weight excluding hydrogens is 292 g/mol. The van der Waals surface area contributed by atoms with Crippen molar-refractivity contribution in [2.45, 2.75) is 25.4 Å². The first-order chi connectivity index (χ1) is 11.1. The van der Waals surface area contributed by atoms with Crippen LogP contribution in [-0.2, 0) is 16.0 Å². The monoisotopic (exact) mass is 318 g/mol. The van der Waals surface area contributed by atoms with Gasteiger partial charge in [-0.2, -0.15) is 0 Å². The molecule has 1 saturated carbocycles. The summed E-state index contributed by atoms with van der Waals surface area (Å²) in [6, 6.07) is 7.07. The van der Waals surface area contributed by atoms with Crippen molar-refractivity contribution in [2.75, 3.05) is 39.8 Å². The third kappa shape index (κ3) is 4.69. The number of nitrogens with zero attached hydrogens (tertiary/aromatic N) is 2. The SMILES string of the molecule is CN1CCOC(CN(CC2CC2)C(=O)Cc2ccccc2O)C1. The molecule has 1 heterocycles. The Kier molecular flexibility index (Phi) is 5.18. The zero-order chi connectivity index (χ0) is 16.2. The lowest BCUT2D eigenvalue weighted by atomic mass is 10.1. The predicted octanol–water partition coefficient (Wildman–Crippen LogP) is 1.50. The molecule has 1 aromatic rings. The fourth-order valence-electron chi connectivity index (χ4n) is 3.05. The van der Waals surface area contributed by atoms with E-state index in [-0.39, 0.29) is 24.2 Å². The number of hydrogen-bond donors (Lipinski definition) is 1. The summed E-state index contributed by atoms with van der Waals surface area (Å²) in [6.07, 6.45) is 2.76. The standard InChI is InChI=1S/C18H26N2O3/c1-19-8-9-23-16(12-19)13-20(11-14-6-7-14)18(22)10-15-4-2-3-5-17(15)21/h2-5,14,16,21H,6-13H2,1H3. The third-order valence-corrected chi connectivity index (χ3v) is 4.63. The van der Waals surface area contributed by atoms with E-state index in [2.05, 4.69) is 11.9 Å². The van der Waals surface area contributed by atoms with Crippen LogP contribution in [0.25, 0.3) is 0 Å². The predicted molar refractivity (Wildman–Crippen MR) is 88.4 cm³/mol. The van der Waals surface area contributed by atoms with Crippen LogP contribution in [-0.4, -0.2) is 66.8 Å². The lowest BCUT2D eigenvalue weighted by Crippen LogP contribution is -2.48. The molecule has 23 heavy (non-hydrogen) atoms. The van der Waals surface area contributed by atoms with Crippen molar-refractivity contribution in [3.63, 3.8) is 0 Å². The van der Waals surface area contributed by atoms with Crippen LogP contribution in [0.1, 0.15) is 18.4 Å². The van der Waals surface area contributed by atoms with E-state index < -0.39 is 0 Å². The van der Waals surface area contributed by atoms with Gasteiger partial charge in [0.1, 0.15) is 5.75 Å². The molecule has 1 saturated heterocycles. The molecule has 0 aromatic heterocycles. The Morgan fingerprint density at radius 3 is 2.83 bits per heavy atom. The van der Waals surface area contributed by atoms with Gasteiger partial charge >= 0.3 is 0 Å². The van der Waals surface area contributed by atoms with Crippen LogP contribution in [0.4, 0.5) is 0 Å². The molecule has 1 amide bonds. The summed E-state index contributed by atoms with van der Waals surface area (Å²) in [5, 5.41) is 9.89. The smallest absolute Gasteiger partial charge is 0.227 e. The number of likely N-dealkylation sites (N-methyl/N-ethyl adjacent to an activating group) is 1. The van der Waals surface area contributed by atoms with Gasteiger partial charge in [-0.3, -0.25) is 4.79 Å². The number of phenolic OH excluding ortho intramolecular Hbond substituents is 1. The number of amides is 1. The van der Waals surface area contributed by atoms with Gasteiger partial charge in [-0.05, 0) is 31.9 Å². The first-order valence-electron chi connectivity index (χ1n) is 8.46. The van der Waals surface area contributed by atoms with Gasteiger partial charge in [0.25, 0.3) is 0 Å². The maximum atomic E-state index is 12.7. The molecular formula is C18H26N2O3. The van der Waals surface area contributed by atoms with Crippen molar-refractivity contribution in [1.82, 2.24) is 9.80 Å². The Balaban J connectivity index is 1.63. The van der Waals surface area contributed by atoms with E-state index in [1.54, 1.807) is 12.1 Å². The zero-order valence-electron chi connectivity index (χ0n) is 13.8. The van der Waals surface area contributed by atoms with Gasteiger partial charge < -0.3 is 19.6 Å². The van der Waals surface area contributed by atoms with Crippen molar-refractivity contribution in [3.05, 3.63) is 29.8 Å². The van der Waals surface area contributed by atoms with Crippen molar-refractivity contribution >= 4 is 5.91 Å². The van der Waals surface area contributed by atoms with Crippen molar-refractivity contribution < 1.29 is 14.6 Å². The molecule has 1 aliphatic heterocycles. The van der Waals surface area contributed by atoms with E-state index in [1.165, 1.54) is 12.8 Å². The summed E-state index contributed by atoms with van der Waals surface area (Å²) in [4.78, 5) is 16.9. The molecule has 0 spiro atoms. The summed E-state index contributed by atoms with van der Waals surface area (Å²) in [7, 11) is 2.09. The van der Waals surface area contributed by atoms with E-state index in [4.69, 9.17) is 4.74 Å². The minimum Gasteiger partial charge on any atom is -0.508 e. The largest absolute Gasteiger partial charge is 0.508 e. The Morgan fingerprint density at radius 1 is 1.35 bits per heavy atom. The highest BCUT2D eigenvalue weighted by atomic mass is 16.5. The van der Waals surface area contributed by atoms with E-state index in [0.29, 0.717) is 18.0 Å². The average molecular weight is 318 g/mol. The average Bonchev–Trinajstić information content (AvgIpc) is 3.33. The third-order valence-electron chi connectivity index (χ3n) is 4.63. The topological polar surface area (TPSA) is 53.0 Å². The second kappa shape index (κ2) is 7.32. The van der Waals surface area contributed by atoms with Crippen LogP contribution >= 0.6 is 0 Å². The summed E-state index contributed by atoms with van der Waals surface area (Å²) in [5.74, 6) is 0.917. The van der Waals surface area contributed by atoms with Gasteiger partial charge in [0.15, 0.2) is 0 Å². The molecule has 1 aromatic carbocycles. The maximum absolute atomic E-state index is 12.7. The van der Waals surface area contributed by atoms with Gasteiger partial charge in [0.2, 0.25) is 5.91 Å². The number of ether oxygens (including phenoxy) is 1. The first kappa shape index (κ1) is 16.3. The van der Waals surface area contributed by atoms with Gasteiger partial charge in [-0.15, -0.1) is 0 Å². The lowest BCUT2D eigenvalue weighted by Gasteiger charge is -2.34. The number of hydrogen-bond acceptors (Lipinski definition) is 4. The Morgan fingerprint density at radius 2 is 2.13 bits per heavy atom. The molecule has 0 radical (unpaired) electrons. The second-order valence-corrected chi connectivity index (χ2v) is 6.80. The molecule has 2 fully saturated rings. The lowest BCUT2D eigenvalue weighted by molar-refractivity contribution is -0.134. The molecule has 2 aliphatic rings. The number of carbonyl (C=O) groups excluding carboxylic acids is 1. The summed E-state index contributed by atoms with van der Waals surface area (Å²) >= 11 is 0. The minimum atomic E-state index is 0.0789. The molecule has 0 bridgehead atoms. The second-order valence-electron chi connectivity index (χ2n) is 6.80. The van der Waals surface area contributed by atoms with Crippen LogP contribution < -0.4 is 0 Å². The summed E-state index contributed by atoms with van der Waals surface area (Å²) < 4.78 is 5.82. The Bertz CT molecular complexity index is 545. The molecule has 3 rings (SSSR count). The molecule has 1 N–H and O–H groups in total. The van der Waals surface area contributed by atoms with Crippen LogP contribution in [0.2, 0.25) is 0 Å². The molecule has 1 atom stereocenters. The molecule has 126 valence electrons. The number of para-hydroxylation sites is 1. The van der Waals surface area contributed by atoms with Gasteiger partial charge in [-0.25, -0.2) is 0 Å². The molecule has 5 heteroatoms. The van der Waals surface area contributed by atoms with E-state index >= 15 is 0 Å². The van der Waals surface area contributed by atoms with Gasteiger partial charge in [0, 0.05) is 31.7 Å². The van der Waals surface area contributed by atoms with Crippen LogP contribution in [0.3, 0.4) is 0 Å². The highest BCUT2D eigenvalue weighted by Crippen LogP contribution is 2.30. The maximum Gasteiger partial charge on any atom is 0.227 e. The molecule has 5 nitrogen and oxygen atoms in total. The fraction of sp³-hybridized carbons (Fsp3) is 0.611. The van der Waals surface area contributed by atoms with Gasteiger partial charge in [0.05, 0.1) is 19.1 Å². The number of morpholine rings is 1. The van der Waals surface area contributed by atoms with Crippen molar-refractivity contribution in [3.8, 4) is 5.75 Å². The zero-order valence-corrected chi connectivity index (χ0v) is 13.8. The fourth-order valence-corrected chi connectivity index (χ4v) is 3.05. The molecule has 1 aliphatic carbocycles. The first-order valence-corrected chi connectivity index (χ1v) is 8.46. The van der Waals surface area contributed by atoms with Crippen LogP contribution in [0.15, 0.2) is 24.3 Å². The summed E-state index contributed by atoms with van der Waals surface area (Å²) in [6.45, 7) is 4.01. The highest BCUT2D eigenvalue weighted by Gasteiger charge is 2.30. The molecule has 1 unspecified atom stereocenters. The van der Waals surface area contributed by atoms with Crippen molar-refractivity contribution in [2.24, 2.45) is 5.92 Å².